The molecule has 1 amide bonds. The van der Waals surface area contributed by atoms with Gasteiger partial charge in [-0.1, -0.05) is 6.07 Å². The SMILES string of the molecule is COc1cc(C)c(NC(=O)COc2ccc(Oc3ccccn3)cc2)cc1OC. The maximum atomic E-state index is 12.3. The molecule has 7 heteroatoms. The van der Waals surface area contributed by atoms with Gasteiger partial charge in [0, 0.05) is 24.0 Å². The number of carbonyl (C=O) groups is 1. The highest BCUT2D eigenvalue weighted by molar-refractivity contribution is 5.93. The number of pyridine rings is 1. The average Bonchev–Trinajstić information content (AvgIpc) is 2.75. The van der Waals surface area contributed by atoms with Crippen molar-refractivity contribution in [3.63, 3.8) is 0 Å². The first-order valence-corrected chi connectivity index (χ1v) is 8.93. The Morgan fingerprint density at radius 1 is 0.966 bits per heavy atom. The Kier molecular flexibility index (Phi) is 6.52. The van der Waals surface area contributed by atoms with E-state index < -0.39 is 0 Å². The largest absolute Gasteiger partial charge is 0.493 e. The van der Waals surface area contributed by atoms with E-state index in [1.807, 2.05) is 19.1 Å². The van der Waals surface area contributed by atoms with E-state index in [9.17, 15) is 4.79 Å². The topological polar surface area (TPSA) is 78.9 Å². The Balaban J connectivity index is 1.55. The van der Waals surface area contributed by atoms with Crippen LogP contribution in [0.15, 0.2) is 60.8 Å². The minimum Gasteiger partial charge on any atom is -0.493 e. The number of benzene rings is 2. The van der Waals surface area contributed by atoms with Crippen LogP contribution in [0.1, 0.15) is 5.56 Å². The van der Waals surface area contributed by atoms with Gasteiger partial charge in [0.1, 0.15) is 11.5 Å². The summed E-state index contributed by atoms with van der Waals surface area (Å²) < 4.78 is 21.7. The minimum absolute atomic E-state index is 0.131. The van der Waals surface area contributed by atoms with E-state index in [4.69, 9.17) is 18.9 Å². The second-order valence-corrected chi connectivity index (χ2v) is 6.10. The van der Waals surface area contributed by atoms with Gasteiger partial charge in [-0.2, -0.15) is 0 Å². The van der Waals surface area contributed by atoms with E-state index in [1.165, 1.54) is 0 Å². The van der Waals surface area contributed by atoms with Gasteiger partial charge in [0.2, 0.25) is 5.88 Å². The van der Waals surface area contributed by atoms with Crippen LogP contribution in [0.5, 0.6) is 28.9 Å². The van der Waals surface area contributed by atoms with Crippen LogP contribution in [-0.2, 0) is 4.79 Å². The molecule has 1 N–H and O–H groups in total. The summed E-state index contributed by atoms with van der Waals surface area (Å²) in [5.41, 5.74) is 1.49. The monoisotopic (exact) mass is 394 g/mol. The average molecular weight is 394 g/mol. The van der Waals surface area contributed by atoms with Gasteiger partial charge in [-0.15, -0.1) is 0 Å². The number of ether oxygens (including phenoxy) is 4. The zero-order valence-corrected chi connectivity index (χ0v) is 16.5. The highest BCUT2D eigenvalue weighted by Gasteiger charge is 2.11. The summed E-state index contributed by atoms with van der Waals surface area (Å²) in [7, 11) is 3.11. The van der Waals surface area contributed by atoms with Gasteiger partial charge in [-0.05, 0) is 48.9 Å². The van der Waals surface area contributed by atoms with Crippen LogP contribution < -0.4 is 24.3 Å². The molecule has 0 aliphatic heterocycles. The van der Waals surface area contributed by atoms with Crippen molar-refractivity contribution in [3.8, 4) is 28.9 Å². The number of hydrogen-bond acceptors (Lipinski definition) is 6. The predicted molar refractivity (Wildman–Crippen MR) is 109 cm³/mol. The van der Waals surface area contributed by atoms with E-state index in [0.29, 0.717) is 34.6 Å². The molecule has 0 aliphatic rings. The Bertz CT molecular complexity index is 959. The van der Waals surface area contributed by atoms with Gasteiger partial charge in [-0.25, -0.2) is 4.98 Å². The molecule has 150 valence electrons. The lowest BCUT2D eigenvalue weighted by molar-refractivity contribution is -0.118. The number of hydrogen-bond donors (Lipinski definition) is 1. The summed E-state index contributed by atoms with van der Waals surface area (Å²) >= 11 is 0. The molecule has 0 atom stereocenters. The summed E-state index contributed by atoms with van der Waals surface area (Å²) in [6, 6.07) is 15.9. The van der Waals surface area contributed by atoms with Crippen molar-refractivity contribution in [1.82, 2.24) is 4.98 Å². The second kappa shape index (κ2) is 9.45. The van der Waals surface area contributed by atoms with Gasteiger partial charge in [0.15, 0.2) is 18.1 Å². The van der Waals surface area contributed by atoms with Gasteiger partial charge >= 0.3 is 0 Å². The third kappa shape index (κ3) is 5.38. The molecule has 29 heavy (non-hydrogen) atoms. The number of methoxy groups -OCH3 is 2. The number of amides is 1. The van der Waals surface area contributed by atoms with E-state index in [1.54, 1.807) is 62.9 Å². The Morgan fingerprint density at radius 2 is 1.66 bits per heavy atom. The molecule has 1 heterocycles. The lowest BCUT2D eigenvalue weighted by Gasteiger charge is -2.14. The van der Waals surface area contributed by atoms with Crippen molar-refractivity contribution in [2.75, 3.05) is 26.1 Å². The first kappa shape index (κ1) is 20.0. The number of nitrogens with one attached hydrogen (secondary N) is 1. The van der Waals surface area contributed by atoms with Crippen molar-refractivity contribution >= 4 is 11.6 Å². The van der Waals surface area contributed by atoms with Gasteiger partial charge in [0.25, 0.3) is 5.91 Å². The molecule has 3 aromatic rings. The quantitative estimate of drug-likeness (QED) is 0.616. The number of nitrogens with zero attached hydrogens (tertiary/aromatic N) is 1. The van der Waals surface area contributed by atoms with Gasteiger partial charge < -0.3 is 24.3 Å². The summed E-state index contributed by atoms with van der Waals surface area (Å²) in [6.07, 6.45) is 1.66. The number of rotatable bonds is 8. The molecule has 2 aromatic carbocycles. The first-order chi connectivity index (χ1) is 14.1. The van der Waals surface area contributed by atoms with Crippen LogP contribution in [-0.4, -0.2) is 31.7 Å². The summed E-state index contributed by atoms with van der Waals surface area (Å²) in [6.45, 7) is 1.74. The zero-order chi connectivity index (χ0) is 20.6. The molecular formula is C22H22N2O5. The second-order valence-electron chi connectivity index (χ2n) is 6.10. The number of carbonyl (C=O) groups excluding carboxylic acids is 1. The highest BCUT2D eigenvalue weighted by atomic mass is 16.5. The van der Waals surface area contributed by atoms with Crippen molar-refractivity contribution in [3.05, 3.63) is 66.4 Å². The molecule has 0 fully saturated rings. The van der Waals surface area contributed by atoms with Crippen LogP contribution in [0.2, 0.25) is 0 Å². The normalized spacial score (nSPS) is 10.2. The summed E-state index contributed by atoms with van der Waals surface area (Å²) in [5.74, 6) is 2.55. The van der Waals surface area contributed by atoms with Crippen molar-refractivity contribution in [1.29, 1.82) is 0 Å². The number of anilines is 1. The molecule has 0 saturated heterocycles. The Labute approximate surface area is 169 Å². The van der Waals surface area contributed by atoms with E-state index in [-0.39, 0.29) is 12.5 Å². The lowest BCUT2D eigenvalue weighted by Crippen LogP contribution is -2.20. The molecule has 0 aliphatic carbocycles. The van der Waals surface area contributed by atoms with Crippen LogP contribution in [0.25, 0.3) is 0 Å². The molecule has 7 nitrogen and oxygen atoms in total. The Morgan fingerprint density at radius 3 is 2.31 bits per heavy atom. The van der Waals surface area contributed by atoms with Crippen molar-refractivity contribution < 1.29 is 23.7 Å². The maximum absolute atomic E-state index is 12.3. The standard InChI is InChI=1S/C22H22N2O5/c1-15-12-19(26-2)20(27-3)13-18(15)24-21(25)14-28-16-7-9-17(10-8-16)29-22-6-4-5-11-23-22/h4-13H,14H2,1-3H3,(H,24,25). The fraction of sp³-hybridized carbons (Fsp3) is 0.182. The number of aromatic nitrogens is 1. The van der Waals surface area contributed by atoms with Crippen LogP contribution in [0.4, 0.5) is 5.69 Å². The lowest BCUT2D eigenvalue weighted by atomic mass is 10.1. The van der Waals surface area contributed by atoms with Crippen LogP contribution >= 0.6 is 0 Å². The Hall–Kier alpha value is -3.74. The van der Waals surface area contributed by atoms with Gasteiger partial charge in [0.05, 0.1) is 14.2 Å². The smallest absolute Gasteiger partial charge is 0.262 e. The molecule has 0 radical (unpaired) electrons. The third-order valence-electron chi connectivity index (χ3n) is 4.06. The molecule has 0 bridgehead atoms. The molecular weight excluding hydrogens is 372 g/mol. The number of aryl methyl sites for hydroxylation is 1. The molecule has 0 unspecified atom stereocenters. The predicted octanol–water partition coefficient (Wildman–Crippen LogP) is 4.22. The van der Waals surface area contributed by atoms with Crippen LogP contribution in [0, 0.1) is 6.92 Å². The van der Waals surface area contributed by atoms with E-state index in [2.05, 4.69) is 10.3 Å². The third-order valence-corrected chi connectivity index (χ3v) is 4.06. The molecule has 3 rings (SSSR count). The van der Waals surface area contributed by atoms with E-state index in [0.717, 1.165) is 5.56 Å². The fourth-order valence-corrected chi connectivity index (χ4v) is 2.58. The van der Waals surface area contributed by atoms with Crippen molar-refractivity contribution in [2.24, 2.45) is 0 Å². The molecule has 1 aromatic heterocycles. The van der Waals surface area contributed by atoms with Gasteiger partial charge in [-0.3, -0.25) is 4.79 Å². The maximum Gasteiger partial charge on any atom is 0.262 e. The summed E-state index contributed by atoms with van der Waals surface area (Å²) in [5, 5.41) is 2.82. The fourth-order valence-electron chi connectivity index (χ4n) is 2.58. The first-order valence-electron chi connectivity index (χ1n) is 8.93. The highest BCUT2D eigenvalue weighted by Crippen LogP contribution is 2.32. The zero-order valence-electron chi connectivity index (χ0n) is 16.5. The van der Waals surface area contributed by atoms with E-state index >= 15 is 0 Å². The van der Waals surface area contributed by atoms with Crippen molar-refractivity contribution in [2.45, 2.75) is 6.92 Å². The molecule has 0 spiro atoms. The molecule has 0 saturated carbocycles. The summed E-state index contributed by atoms with van der Waals surface area (Å²) in [4.78, 5) is 16.4. The van der Waals surface area contributed by atoms with Crippen LogP contribution in [0.3, 0.4) is 0 Å². The minimum atomic E-state index is -0.283.